The molecule has 0 saturated heterocycles. The van der Waals surface area contributed by atoms with Gasteiger partial charge in [0.15, 0.2) is 4.34 Å². The van der Waals surface area contributed by atoms with E-state index in [1.165, 1.54) is 28.7 Å². The van der Waals surface area contributed by atoms with E-state index in [1.807, 2.05) is 23.6 Å². The van der Waals surface area contributed by atoms with E-state index in [0.29, 0.717) is 6.61 Å². The highest BCUT2D eigenvalue weighted by atomic mass is 32.2. The number of aliphatic carboxylic acids is 1. The van der Waals surface area contributed by atoms with E-state index in [4.69, 9.17) is 4.74 Å². The minimum absolute atomic E-state index is 0.660. The molecule has 0 amide bonds. The van der Waals surface area contributed by atoms with Gasteiger partial charge in [-0.1, -0.05) is 42.1 Å². The van der Waals surface area contributed by atoms with Gasteiger partial charge in [-0.25, -0.2) is 4.98 Å². The van der Waals surface area contributed by atoms with Gasteiger partial charge in [0.2, 0.25) is 0 Å². The summed E-state index contributed by atoms with van der Waals surface area (Å²) in [4.78, 5) is 15.7. The van der Waals surface area contributed by atoms with Crippen molar-refractivity contribution < 1.29 is 14.6 Å². The molecule has 0 bridgehead atoms. The number of aromatic nitrogens is 1. The summed E-state index contributed by atoms with van der Waals surface area (Å²) in [6.07, 6.45) is 1.81. The van der Waals surface area contributed by atoms with Crippen LogP contribution in [0, 0.1) is 0 Å². The van der Waals surface area contributed by atoms with Gasteiger partial charge in [-0.3, -0.25) is 4.79 Å². The lowest BCUT2D eigenvalue weighted by molar-refractivity contribution is -0.138. The monoisotopic (exact) mass is 394 g/mol. The van der Waals surface area contributed by atoms with Crippen LogP contribution in [0.25, 0.3) is 0 Å². The summed E-state index contributed by atoms with van der Waals surface area (Å²) in [7, 11) is 0. The number of carboxylic acids is 1. The lowest BCUT2D eigenvalue weighted by Crippen LogP contribution is -2.26. The van der Waals surface area contributed by atoms with Crippen LogP contribution in [0.2, 0.25) is 0 Å². The van der Waals surface area contributed by atoms with Crippen LogP contribution in [0.15, 0.2) is 40.1 Å². The van der Waals surface area contributed by atoms with Gasteiger partial charge in [-0.2, -0.15) is 0 Å². The number of carboxylic acid groups (broad SMARTS) is 1. The van der Waals surface area contributed by atoms with E-state index in [2.05, 4.69) is 22.4 Å². The predicted octanol–water partition coefficient (Wildman–Crippen LogP) is 3.84. The highest BCUT2D eigenvalue weighted by Gasteiger charge is 2.29. The summed E-state index contributed by atoms with van der Waals surface area (Å²) >= 11 is 2.80. The first-order chi connectivity index (χ1) is 12.5. The number of hydrogen-bond donors (Lipinski definition) is 2. The molecule has 0 saturated carbocycles. The molecule has 1 aromatic carbocycles. The number of nitrogens with zero attached hydrogens (tertiary/aromatic N) is 1. The van der Waals surface area contributed by atoms with Crippen LogP contribution in [0.3, 0.4) is 0 Å². The smallest absolute Gasteiger partial charge is 0.319 e. The molecule has 2 aromatic rings. The summed E-state index contributed by atoms with van der Waals surface area (Å²) in [5.74, 6) is -0.824. The second-order valence-electron chi connectivity index (χ2n) is 6.41. The van der Waals surface area contributed by atoms with Crippen LogP contribution in [0.1, 0.15) is 31.5 Å². The van der Waals surface area contributed by atoms with E-state index in [1.54, 1.807) is 13.8 Å². The molecule has 0 aliphatic carbocycles. The summed E-state index contributed by atoms with van der Waals surface area (Å²) in [6, 6.07) is 10.2. The number of nitrogens with one attached hydrogen (secondary N) is 1. The van der Waals surface area contributed by atoms with Gasteiger partial charge in [0.25, 0.3) is 0 Å². The van der Waals surface area contributed by atoms with Crippen molar-refractivity contribution in [2.24, 2.45) is 0 Å². The zero-order valence-corrected chi connectivity index (χ0v) is 16.9. The molecule has 26 heavy (non-hydrogen) atoms. The lowest BCUT2D eigenvalue weighted by Gasteiger charge is -2.15. The Morgan fingerprint density at radius 2 is 2.08 bits per heavy atom. The lowest BCUT2D eigenvalue weighted by atomic mass is 10.2. The fourth-order valence-electron chi connectivity index (χ4n) is 2.12. The van der Waals surface area contributed by atoms with Crippen molar-refractivity contribution in [3.63, 3.8) is 0 Å². The van der Waals surface area contributed by atoms with Crippen molar-refractivity contribution in [1.29, 1.82) is 0 Å². The zero-order valence-electron chi connectivity index (χ0n) is 15.2. The second-order valence-corrected chi connectivity index (χ2v) is 9.14. The molecule has 1 heterocycles. The Labute approximate surface area is 163 Å². The Morgan fingerprint density at radius 1 is 1.31 bits per heavy atom. The molecule has 0 radical (unpaired) electrons. The fourth-order valence-corrected chi connectivity index (χ4v) is 4.34. The normalized spacial score (nSPS) is 11.6. The minimum Gasteiger partial charge on any atom is -0.480 e. The number of benzene rings is 1. The molecule has 142 valence electrons. The summed E-state index contributed by atoms with van der Waals surface area (Å²) in [5, 5.41) is 14.6. The van der Waals surface area contributed by atoms with Crippen LogP contribution in [-0.2, 0) is 22.6 Å². The SMILES string of the molecule is CC(C)(Sc1nc(CCNCCCOCc2ccccc2)cs1)C(=O)O. The van der Waals surface area contributed by atoms with Gasteiger partial charge in [-0.05, 0) is 32.4 Å². The first kappa shape index (κ1) is 20.9. The average molecular weight is 395 g/mol. The summed E-state index contributed by atoms with van der Waals surface area (Å²) in [6.45, 7) is 6.56. The summed E-state index contributed by atoms with van der Waals surface area (Å²) < 4.78 is 5.61. The van der Waals surface area contributed by atoms with E-state index in [9.17, 15) is 9.90 Å². The molecule has 1 aromatic heterocycles. The third-order valence-electron chi connectivity index (χ3n) is 3.70. The van der Waals surface area contributed by atoms with Gasteiger partial charge < -0.3 is 15.2 Å². The molecule has 0 fully saturated rings. The van der Waals surface area contributed by atoms with Crippen LogP contribution in [0.5, 0.6) is 0 Å². The van der Waals surface area contributed by atoms with Crippen molar-refractivity contribution in [2.75, 3.05) is 19.7 Å². The number of hydrogen-bond acceptors (Lipinski definition) is 6. The van der Waals surface area contributed by atoms with Crippen molar-refractivity contribution >= 4 is 29.1 Å². The molecule has 0 aliphatic rings. The zero-order chi connectivity index (χ0) is 18.8. The van der Waals surface area contributed by atoms with E-state index < -0.39 is 10.7 Å². The highest BCUT2D eigenvalue weighted by molar-refractivity contribution is 8.02. The Morgan fingerprint density at radius 3 is 2.81 bits per heavy atom. The highest BCUT2D eigenvalue weighted by Crippen LogP contribution is 2.34. The first-order valence-electron chi connectivity index (χ1n) is 8.66. The number of carbonyl (C=O) groups is 1. The Kier molecular flexibility index (Phi) is 8.58. The molecule has 0 unspecified atom stereocenters. The van der Waals surface area contributed by atoms with Crippen LogP contribution < -0.4 is 5.32 Å². The van der Waals surface area contributed by atoms with E-state index in [-0.39, 0.29) is 0 Å². The molecular weight excluding hydrogens is 368 g/mol. The maximum Gasteiger partial charge on any atom is 0.319 e. The van der Waals surface area contributed by atoms with Gasteiger partial charge >= 0.3 is 5.97 Å². The number of thiazole rings is 1. The Bertz CT molecular complexity index is 674. The average Bonchev–Trinajstić information content (AvgIpc) is 3.04. The third kappa shape index (κ3) is 7.45. The van der Waals surface area contributed by atoms with Gasteiger partial charge in [0.05, 0.1) is 12.3 Å². The molecular formula is C19H26N2O3S2. The van der Waals surface area contributed by atoms with Crippen molar-refractivity contribution in [2.45, 2.75) is 42.4 Å². The third-order valence-corrected chi connectivity index (χ3v) is 5.87. The standard InChI is InChI=1S/C19H26N2O3S2/c1-19(2,17(22)23)26-18-21-16(14-25-18)9-11-20-10-6-12-24-13-15-7-4-3-5-8-15/h3-5,7-8,14,20H,6,9-13H2,1-2H3,(H,22,23). The molecule has 0 atom stereocenters. The molecule has 2 N–H and O–H groups in total. The fraction of sp³-hybridized carbons (Fsp3) is 0.474. The van der Waals surface area contributed by atoms with Crippen LogP contribution in [0.4, 0.5) is 0 Å². The number of ether oxygens (including phenoxy) is 1. The van der Waals surface area contributed by atoms with Crippen molar-refractivity contribution in [3.8, 4) is 0 Å². The topological polar surface area (TPSA) is 71.5 Å². The van der Waals surface area contributed by atoms with E-state index in [0.717, 1.165) is 42.6 Å². The minimum atomic E-state index is -0.854. The number of thioether (sulfide) groups is 1. The molecule has 0 spiro atoms. The van der Waals surface area contributed by atoms with Crippen LogP contribution in [-0.4, -0.2) is 40.5 Å². The van der Waals surface area contributed by atoms with E-state index >= 15 is 0 Å². The number of rotatable bonds is 12. The maximum absolute atomic E-state index is 11.2. The largest absolute Gasteiger partial charge is 0.480 e. The molecule has 2 rings (SSSR count). The predicted molar refractivity (Wildman–Crippen MR) is 107 cm³/mol. The molecule has 0 aliphatic heterocycles. The Balaban J connectivity index is 1.54. The first-order valence-corrected chi connectivity index (χ1v) is 10.4. The van der Waals surface area contributed by atoms with Gasteiger partial charge in [0, 0.05) is 25.0 Å². The second kappa shape index (κ2) is 10.7. The Hall–Kier alpha value is -1.41. The molecule has 7 heteroatoms. The summed E-state index contributed by atoms with van der Waals surface area (Å²) in [5.41, 5.74) is 2.20. The van der Waals surface area contributed by atoms with Crippen molar-refractivity contribution in [3.05, 3.63) is 47.0 Å². The quantitative estimate of drug-likeness (QED) is 0.421. The van der Waals surface area contributed by atoms with Gasteiger partial charge in [0.1, 0.15) is 4.75 Å². The van der Waals surface area contributed by atoms with Crippen molar-refractivity contribution in [1.82, 2.24) is 10.3 Å². The van der Waals surface area contributed by atoms with Gasteiger partial charge in [-0.15, -0.1) is 11.3 Å². The molecule has 5 nitrogen and oxygen atoms in total. The van der Waals surface area contributed by atoms with Crippen LogP contribution >= 0.6 is 23.1 Å². The maximum atomic E-state index is 11.2.